The van der Waals surface area contributed by atoms with Crippen LogP contribution in [0.25, 0.3) is 0 Å². The Morgan fingerprint density at radius 2 is 2.22 bits per heavy atom. The summed E-state index contributed by atoms with van der Waals surface area (Å²) >= 11 is 0. The van der Waals surface area contributed by atoms with E-state index in [1.165, 1.54) is 24.3 Å². The summed E-state index contributed by atoms with van der Waals surface area (Å²) < 4.78 is 18.3. The van der Waals surface area contributed by atoms with Gasteiger partial charge in [0.05, 0.1) is 12.7 Å². The molecule has 0 aliphatic carbocycles. The van der Waals surface area contributed by atoms with Crippen LogP contribution in [0.15, 0.2) is 24.3 Å². The van der Waals surface area contributed by atoms with Crippen LogP contribution in [-0.2, 0) is 4.74 Å². The number of morpholine rings is 1. The minimum absolute atomic E-state index is 0.0214. The molecule has 1 saturated heterocycles. The van der Waals surface area contributed by atoms with E-state index in [9.17, 15) is 9.18 Å². The Balaban J connectivity index is 2.02. The summed E-state index contributed by atoms with van der Waals surface area (Å²) in [5.41, 5.74) is 0.515. The van der Waals surface area contributed by atoms with Gasteiger partial charge in [0.1, 0.15) is 5.82 Å². The van der Waals surface area contributed by atoms with Gasteiger partial charge >= 0.3 is 0 Å². The number of hydrogen-bond acceptors (Lipinski definition) is 3. The highest BCUT2D eigenvalue weighted by atomic mass is 19.1. The smallest absolute Gasteiger partial charge is 0.254 e. The van der Waals surface area contributed by atoms with Gasteiger partial charge in [-0.25, -0.2) is 4.39 Å². The van der Waals surface area contributed by atoms with Gasteiger partial charge in [-0.05, 0) is 31.3 Å². The van der Waals surface area contributed by atoms with E-state index in [4.69, 9.17) is 4.74 Å². The van der Waals surface area contributed by atoms with E-state index in [1.807, 2.05) is 7.05 Å². The SMILES string of the molecule is CNCC1CN(C(=O)c2ccc(F)cc2)CCO1. The van der Waals surface area contributed by atoms with E-state index in [1.54, 1.807) is 4.90 Å². The van der Waals surface area contributed by atoms with Gasteiger partial charge < -0.3 is 15.0 Å². The number of carbonyl (C=O) groups is 1. The molecule has 0 aromatic heterocycles. The molecule has 1 aromatic rings. The molecular weight excluding hydrogens is 235 g/mol. The molecular formula is C13H17FN2O2. The van der Waals surface area contributed by atoms with E-state index in [2.05, 4.69) is 5.32 Å². The number of halogens is 1. The molecule has 1 aliphatic rings. The van der Waals surface area contributed by atoms with Crippen LogP contribution in [0, 0.1) is 5.82 Å². The predicted molar refractivity (Wildman–Crippen MR) is 66.0 cm³/mol. The first kappa shape index (κ1) is 13.0. The van der Waals surface area contributed by atoms with Crippen LogP contribution >= 0.6 is 0 Å². The molecule has 98 valence electrons. The minimum Gasteiger partial charge on any atom is -0.373 e. The average Bonchev–Trinajstić information content (AvgIpc) is 2.39. The summed E-state index contributed by atoms with van der Waals surface area (Å²) in [5, 5.41) is 3.03. The number of ether oxygens (including phenoxy) is 1. The number of nitrogens with zero attached hydrogens (tertiary/aromatic N) is 1. The third kappa shape index (κ3) is 3.05. The fraction of sp³-hybridized carbons (Fsp3) is 0.462. The highest BCUT2D eigenvalue weighted by Crippen LogP contribution is 2.11. The second kappa shape index (κ2) is 5.93. The molecule has 0 radical (unpaired) electrons. The fourth-order valence-electron chi connectivity index (χ4n) is 2.03. The Bertz CT molecular complexity index is 406. The van der Waals surface area contributed by atoms with Crippen LogP contribution in [0.4, 0.5) is 4.39 Å². The normalized spacial score (nSPS) is 19.9. The van der Waals surface area contributed by atoms with Gasteiger partial charge in [-0.1, -0.05) is 0 Å². The number of rotatable bonds is 3. The van der Waals surface area contributed by atoms with Crippen molar-refractivity contribution in [2.24, 2.45) is 0 Å². The van der Waals surface area contributed by atoms with Crippen LogP contribution in [-0.4, -0.2) is 50.2 Å². The summed E-state index contributed by atoms with van der Waals surface area (Å²) in [4.78, 5) is 13.9. The predicted octanol–water partition coefficient (Wildman–Crippen LogP) is 0.886. The maximum absolute atomic E-state index is 12.8. The minimum atomic E-state index is -0.332. The maximum Gasteiger partial charge on any atom is 0.254 e. The Kier molecular flexibility index (Phi) is 4.28. The molecule has 1 fully saturated rings. The largest absolute Gasteiger partial charge is 0.373 e. The van der Waals surface area contributed by atoms with Crippen LogP contribution in [0.5, 0.6) is 0 Å². The number of benzene rings is 1. The Morgan fingerprint density at radius 3 is 2.89 bits per heavy atom. The van der Waals surface area contributed by atoms with Crippen molar-refractivity contribution in [1.29, 1.82) is 0 Å². The Hall–Kier alpha value is -1.46. The van der Waals surface area contributed by atoms with Crippen molar-refractivity contribution in [1.82, 2.24) is 10.2 Å². The first-order chi connectivity index (χ1) is 8.70. The van der Waals surface area contributed by atoms with Crippen molar-refractivity contribution in [2.45, 2.75) is 6.10 Å². The van der Waals surface area contributed by atoms with Crippen LogP contribution in [0.1, 0.15) is 10.4 Å². The molecule has 18 heavy (non-hydrogen) atoms. The zero-order chi connectivity index (χ0) is 13.0. The van der Waals surface area contributed by atoms with Gasteiger partial charge in [0.15, 0.2) is 0 Å². The van der Waals surface area contributed by atoms with E-state index in [0.717, 1.165) is 0 Å². The van der Waals surface area contributed by atoms with E-state index in [0.29, 0.717) is 31.8 Å². The van der Waals surface area contributed by atoms with Crippen LogP contribution in [0.3, 0.4) is 0 Å². The summed E-state index contributed by atoms with van der Waals surface area (Å²) in [6, 6.07) is 5.64. The van der Waals surface area contributed by atoms with Crippen molar-refractivity contribution < 1.29 is 13.9 Å². The maximum atomic E-state index is 12.8. The lowest BCUT2D eigenvalue weighted by molar-refractivity contribution is -0.0196. The molecule has 1 aliphatic heterocycles. The van der Waals surface area contributed by atoms with Crippen LogP contribution < -0.4 is 5.32 Å². The highest BCUT2D eigenvalue weighted by molar-refractivity contribution is 5.94. The standard InChI is InChI=1S/C13H17FN2O2/c1-15-8-12-9-16(6-7-18-12)13(17)10-2-4-11(14)5-3-10/h2-5,12,15H,6-9H2,1H3. The number of nitrogens with one attached hydrogen (secondary N) is 1. The molecule has 1 unspecified atom stereocenters. The Labute approximate surface area is 106 Å². The van der Waals surface area contributed by atoms with E-state index >= 15 is 0 Å². The molecule has 1 atom stereocenters. The Morgan fingerprint density at radius 1 is 1.50 bits per heavy atom. The van der Waals surface area contributed by atoms with Gasteiger partial charge in [0, 0.05) is 25.2 Å². The average molecular weight is 252 g/mol. The lowest BCUT2D eigenvalue weighted by atomic mass is 10.1. The zero-order valence-corrected chi connectivity index (χ0v) is 10.4. The van der Waals surface area contributed by atoms with Crippen molar-refractivity contribution in [3.63, 3.8) is 0 Å². The second-order valence-corrected chi connectivity index (χ2v) is 4.31. The monoisotopic (exact) mass is 252 g/mol. The third-order valence-corrected chi connectivity index (χ3v) is 2.95. The molecule has 1 aromatic carbocycles. The lowest BCUT2D eigenvalue weighted by Gasteiger charge is -2.33. The van der Waals surface area contributed by atoms with Gasteiger partial charge in [-0.2, -0.15) is 0 Å². The molecule has 0 saturated carbocycles. The highest BCUT2D eigenvalue weighted by Gasteiger charge is 2.24. The van der Waals surface area contributed by atoms with E-state index in [-0.39, 0.29) is 17.8 Å². The third-order valence-electron chi connectivity index (χ3n) is 2.95. The van der Waals surface area contributed by atoms with Gasteiger partial charge in [0.25, 0.3) is 5.91 Å². The molecule has 2 rings (SSSR count). The first-order valence-electron chi connectivity index (χ1n) is 6.01. The number of likely N-dealkylation sites (N-methyl/N-ethyl adjacent to an activating group) is 1. The van der Waals surface area contributed by atoms with Crippen molar-refractivity contribution in [3.8, 4) is 0 Å². The number of hydrogen-bond donors (Lipinski definition) is 1. The molecule has 1 amide bonds. The van der Waals surface area contributed by atoms with Gasteiger partial charge in [-0.3, -0.25) is 4.79 Å². The zero-order valence-electron chi connectivity index (χ0n) is 10.4. The number of carbonyl (C=O) groups excluding carboxylic acids is 1. The fourth-order valence-corrected chi connectivity index (χ4v) is 2.03. The van der Waals surface area contributed by atoms with Crippen molar-refractivity contribution in [2.75, 3.05) is 33.3 Å². The van der Waals surface area contributed by atoms with E-state index < -0.39 is 0 Å². The molecule has 1 heterocycles. The number of amides is 1. The lowest BCUT2D eigenvalue weighted by Crippen LogP contribution is -2.48. The summed E-state index contributed by atoms with van der Waals surface area (Å²) in [7, 11) is 1.85. The quantitative estimate of drug-likeness (QED) is 0.868. The van der Waals surface area contributed by atoms with Gasteiger partial charge in [-0.15, -0.1) is 0 Å². The summed E-state index contributed by atoms with van der Waals surface area (Å²) in [6.45, 7) is 2.40. The summed E-state index contributed by atoms with van der Waals surface area (Å²) in [6.07, 6.45) is 0.0214. The topological polar surface area (TPSA) is 41.6 Å². The molecule has 5 heteroatoms. The molecule has 0 bridgehead atoms. The first-order valence-corrected chi connectivity index (χ1v) is 6.01. The summed E-state index contributed by atoms with van der Waals surface area (Å²) in [5.74, 6) is -0.402. The molecule has 1 N–H and O–H groups in total. The molecule has 4 nitrogen and oxygen atoms in total. The second-order valence-electron chi connectivity index (χ2n) is 4.31. The van der Waals surface area contributed by atoms with Crippen LogP contribution in [0.2, 0.25) is 0 Å². The molecule has 0 spiro atoms. The van der Waals surface area contributed by atoms with Gasteiger partial charge in [0.2, 0.25) is 0 Å². The van der Waals surface area contributed by atoms with Crippen molar-refractivity contribution in [3.05, 3.63) is 35.6 Å². The van der Waals surface area contributed by atoms with Crippen molar-refractivity contribution >= 4 is 5.91 Å².